The van der Waals surface area contributed by atoms with Crippen molar-refractivity contribution in [2.75, 3.05) is 0 Å². The molecule has 0 fully saturated rings. The van der Waals surface area contributed by atoms with Crippen LogP contribution in [0, 0.1) is 0 Å². The summed E-state index contributed by atoms with van der Waals surface area (Å²) in [5.74, 6) is 0.365. The van der Waals surface area contributed by atoms with Crippen molar-refractivity contribution in [2.45, 2.75) is 117 Å². The lowest BCUT2D eigenvalue weighted by Crippen LogP contribution is -2.16. The predicted molar refractivity (Wildman–Crippen MR) is 186 cm³/mol. The Balaban J connectivity index is 1.62. The summed E-state index contributed by atoms with van der Waals surface area (Å²) >= 11 is 0. The van der Waals surface area contributed by atoms with Gasteiger partial charge in [-0.05, 0) is 82.7 Å². The standard InChI is InChI=1S/C39H50O3S2/c1-4-5-6-7-8-9-10-11-12-15-22-35-23-20-21-28-39(35)44(40,41)42-43(36-24-16-13-17-25-36,37-26-18-14-19-27-37)38-31-29-34(30-32-38)33(2)3/h13-14,16-21,23-33H,4-12,15,22H2,1-3H3. The maximum Gasteiger partial charge on any atom is 0.307 e. The zero-order valence-electron chi connectivity index (χ0n) is 26.8. The second-order valence-corrected chi connectivity index (χ2v) is 16.4. The number of rotatable bonds is 18. The first-order valence-electron chi connectivity index (χ1n) is 16.5. The van der Waals surface area contributed by atoms with Crippen molar-refractivity contribution in [3.8, 4) is 0 Å². The molecule has 4 aromatic carbocycles. The van der Waals surface area contributed by atoms with E-state index in [2.05, 4.69) is 45.0 Å². The molecule has 0 bridgehead atoms. The quantitative estimate of drug-likeness (QED) is 0.103. The van der Waals surface area contributed by atoms with Crippen LogP contribution in [-0.4, -0.2) is 8.42 Å². The van der Waals surface area contributed by atoms with Gasteiger partial charge in [0.1, 0.15) is 0 Å². The van der Waals surface area contributed by atoms with Crippen molar-refractivity contribution < 1.29 is 12.0 Å². The molecule has 0 aromatic heterocycles. The molecule has 0 aliphatic heterocycles. The molecule has 5 heteroatoms. The Morgan fingerprint density at radius 3 is 1.52 bits per heavy atom. The molecule has 0 atom stereocenters. The van der Waals surface area contributed by atoms with Crippen LogP contribution in [0.1, 0.15) is 102 Å². The molecule has 0 saturated heterocycles. The summed E-state index contributed by atoms with van der Waals surface area (Å²) in [4.78, 5) is 2.83. The molecular formula is C39H50O3S2. The van der Waals surface area contributed by atoms with E-state index in [0.29, 0.717) is 5.92 Å². The van der Waals surface area contributed by atoms with Crippen LogP contribution in [0.5, 0.6) is 0 Å². The van der Waals surface area contributed by atoms with Crippen molar-refractivity contribution in [3.05, 3.63) is 120 Å². The van der Waals surface area contributed by atoms with Gasteiger partial charge in [0.15, 0.2) is 0 Å². The van der Waals surface area contributed by atoms with Gasteiger partial charge in [-0.2, -0.15) is 8.42 Å². The van der Waals surface area contributed by atoms with Crippen LogP contribution in [0.3, 0.4) is 0 Å². The fourth-order valence-corrected chi connectivity index (χ4v) is 11.2. The molecule has 0 spiro atoms. The zero-order chi connectivity index (χ0) is 31.3. The summed E-state index contributed by atoms with van der Waals surface area (Å²) in [6.07, 6.45) is 13.2. The first-order chi connectivity index (χ1) is 21.4. The molecule has 44 heavy (non-hydrogen) atoms. The summed E-state index contributed by atoms with van der Waals surface area (Å²) in [6.45, 7) is 6.58. The Bertz CT molecular complexity index is 1460. The smallest absolute Gasteiger partial charge is 0.203 e. The van der Waals surface area contributed by atoms with E-state index in [1.54, 1.807) is 12.1 Å². The van der Waals surface area contributed by atoms with E-state index >= 15 is 0 Å². The first kappa shape index (κ1) is 34.0. The monoisotopic (exact) mass is 630 g/mol. The molecule has 3 nitrogen and oxygen atoms in total. The fourth-order valence-electron chi connectivity index (χ4n) is 5.72. The van der Waals surface area contributed by atoms with E-state index in [9.17, 15) is 8.42 Å². The molecule has 0 heterocycles. The minimum atomic E-state index is -4.14. The van der Waals surface area contributed by atoms with Crippen LogP contribution < -0.4 is 0 Å². The van der Waals surface area contributed by atoms with Crippen LogP contribution in [0.2, 0.25) is 0 Å². The Labute approximate surface area is 268 Å². The third-order valence-corrected chi connectivity index (χ3v) is 13.5. The number of hydrogen-bond donors (Lipinski definition) is 0. The van der Waals surface area contributed by atoms with Crippen LogP contribution in [0.15, 0.2) is 129 Å². The molecule has 236 valence electrons. The SMILES string of the molecule is CCCCCCCCCCCCc1ccccc1S(=O)(=O)OS(c1ccccc1)(c1ccccc1)c1ccc(C(C)C)cc1. The number of unbranched alkanes of at least 4 members (excludes halogenated alkanes) is 9. The molecule has 4 rings (SSSR count). The van der Waals surface area contributed by atoms with E-state index in [4.69, 9.17) is 3.63 Å². The lowest BCUT2D eigenvalue weighted by molar-refractivity contribution is 0.506. The first-order valence-corrected chi connectivity index (χ1v) is 19.4. The average molecular weight is 631 g/mol. The summed E-state index contributed by atoms with van der Waals surface area (Å²) in [6, 6.07) is 35.4. The number of aryl methyl sites for hydroxylation is 1. The molecule has 0 N–H and O–H groups in total. The highest BCUT2D eigenvalue weighted by Crippen LogP contribution is 2.70. The van der Waals surface area contributed by atoms with Gasteiger partial charge in [-0.3, -0.25) is 0 Å². The summed E-state index contributed by atoms with van der Waals surface area (Å²) in [5.41, 5.74) is 2.03. The van der Waals surface area contributed by atoms with Gasteiger partial charge in [-0.1, -0.05) is 145 Å². The molecule has 0 radical (unpaired) electrons. The van der Waals surface area contributed by atoms with E-state index in [-0.39, 0.29) is 4.90 Å². The third kappa shape index (κ3) is 8.87. The number of benzene rings is 4. The van der Waals surface area contributed by atoms with E-state index in [1.807, 2.05) is 72.8 Å². The normalized spacial score (nSPS) is 12.5. The van der Waals surface area contributed by atoms with Gasteiger partial charge in [0.05, 0.1) is 4.90 Å². The van der Waals surface area contributed by atoms with Gasteiger partial charge >= 0.3 is 10.1 Å². The van der Waals surface area contributed by atoms with E-state index in [0.717, 1.165) is 39.5 Å². The highest BCUT2D eigenvalue weighted by molar-refractivity contribution is 8.33. The lowest BCUT2D eigenvalue weighted by atomic mass is 10.0. The largest absolute Gasteiger partial charge is 0.307 e. The van der Waals surface area contributed by atoms with Gasteiger partial charge < -0.3 is 0 Å². The molecule has 4 aromatic rings. The highest BCUT2D eigenvalue weighted by atomic mass is 32.3. The number of hydrogen-bond acceptors (Lipinski definition) is 3. The third-order valence-electron chi connectivity index (χ3n) is 8.26. The van der Waals surface area contributed by atoms with Crippen LogP contribution in [0.25, 0.3) is 0 Å². The summed E-state index contributed by atoms with van der Waals surface area (Å²) < 4.78 is 35.6. The maximum atomic E-state index is 14.4. The van der Waals surface area contributed by atoms with Crippen molar-refractivity contribution in [2.24, 2.45) is 0 Å². The molecule has 0 aliphatic rings. The minimum absolute atomic E-state index is 0.276. The molecule has 0 amide bonds. The van der Waals surface area contributed by atoms with Crippen LogP contribution in [-0.2, 0) is 20.2 Å². The van der Waals surface area contributed by atoms with Gasteiger partial charge in [0.25, 0.3) is 0 Å². The van der Waals surface area contributed by atoms with Crippen LogP contribution >= 0.6 is 10.3 Å². The highest BCUT2D eigenvalue weighted by Gasteiger charge is 2.38. The summed E-state index contributed by atoms with van der Waals surface area (Å²) in [7, 11) is -6.77. The molecule has 0 aliphatic carbocycles. The molecule has 0 unspecified atom stereocenters. The van der Waals surface area contributed by atoms with Crippen LogP contribution in [0.4, 0.5) is 0 Å². The van der Waals surface area contributed by atoms with Gasteiger partial charge in [0.2, 0.25) is 0 Å². The Hall–Kier alpha value is -2.86. The van der Waals surface area contributed by atoms with E-state index in [1.165, 1.54) is 56.9 Å². The average Bonchev–Trinajstić information content (AvgIpc) is 3.05. The topological polar surface area (TPSA) is 43.4 Å². The molecule has 0 saturated carbocycles. The zero-order valence-corrected chi connectivity index (χ0v) is 28.4. The van der Waals surface area contributed by atoms with Crippen molar-refractivity contribution in [1.29, 1.82) is 0 Å². The van der Waals surface area contributed by atoms with Crippen molar-refractivity contribution >= 4 is 20.4 Å². The van der Waals surface area contributed by atoms with Gasteiger partial charge in [0, 0.05) is 14.7 Å². The predicted octanol–water partition coefficient (Wildman–Crippen LogP) is 11.9. The van der Waals surface area contributed by atoms with Crippen molar-refractivity contribution in [3.63, 3.8) is 0 Å². The van der Waals surface area contributed by atoms with Gasteiger partial charge in [-0.25, -0.2) is 3.63 Å². The Morgan fingerprint density at radius 2 is 1.00 bits per heavy atom. The minimum Gasteiger partial charge on any atom is -0.203 e. The second kappa shape index (κ2) is 17.0. The Morgan fingerprint density at radius 1 is 0.545 bits per heavy atom. The van der Waals surface area contributed by atoms with Crippen molar-refractivity contribution in [1.82, 2.24) is 0 Å². The maximum absolute atomic E-state index is 14.4. The Kier molecular flexibility index (Phi) is 13.1. The lowest BCUT2D eigenvalue weighted by Gasteiger charge is -2.39. The fraction of sp³-hybridized carbons (Fsp3) is 0.385. The second-order valence-electron chi connectivity index (χ2n) is 12.0. The van der Waals surface area contributed by atoms with E-state index < -0.39 is 20.4 Å². The van der Waals surface area contributed by atoms with Gasteiger partial charge in [-0.15, -0.1) is 0 Å². The summed E-state index contributed by atoms with van der Waals surface area (Å²) in [5, 5.41) is 0. The molecular weight excluding hydrogens is 581 g/mol.